The average molecular weight is 480 g/mol. The number of benzene rings is 1. The first kappa shape index (κ1) is 23.2. The van der Waals surface area contributed by atoms with E-state index in [1.165, 1.54) is 7.11 Å². The number of hydrogen-bond donors (Lipinski definition) is 2. The molecule has 1 fully saturated rings. The summed E-state index contributed by atoms with van der Waals surface area (Å²) in [5.74, 6) is -0.330. The number of ketones is 1. The number of methoxy groups -OCH3 is 1. The highest BCUT2D eigenvalue weighted by atomic mass is 16.6. The Kier molecular flexibility index (Phi) is 6.38. The quantitative estimate of drug-likeness (QED) is 0.597. The zero-order chi connectivity index (χ0) is 24.5. The Hall–Kier alpha value is -3.52. The van der Waals surface area contributed by atoms with Gasteiger partial charge in [-0.3, -0.25) is 4.79 Å². The first-order valence-electron chi connectivity index (χ1n) is 11.9. The molecule has 35 heavy (non-hydrogen) atoms. The molecule has 2 N–H and O–H groups in total. The molecule has 184 valence electrons. The topological polar surface area (TPSA) is 107 Å². The van der Waals surface area contributed by atoms with Crippen LogP contribution in [-0.2, 0) is 19.1 Å². The molecular weight excluding hydrogens is 450 g/mol. The van der Waals surface area contributed by atoms with Gasteiger partial charge in [-0.05, 0) is 56.0 Å². The summed E-state index contributed by atoms with van der Waals surface area (Å²) in [7, 11) is 1.47. The first-order valence-corrected chi connectivity index (χ1v) is 11.9. The minimum absolute atomic E-state index is 0.0628. The predicted octanol–water partition coefficient (Wildman–Crippen LogP) is 4.08. The lowest BCUT2D eigenvalue weighted by atomic mass is 9.72. The summed E-state index contributed by atoms with van der Waals surface area (Å²) in [5, 5.41) is 13.8. The Balaban J connectivity index is 1.52. The minimum Gasteiger partial charge on any atom is -0.504 e. The van der Waals surface area contributed by atoms with Crippen molar-refractivity contribution in [2.24, 2.45) is 0 Å². The Bertz CT molecular complexity index is 1190. The van der Waals surface area contributed by atoms with E-state index in [9.17, 15) is 14.7 Å². The van der Waals surface area contributed by atoms with Crippen LogP contribution < -0.4 is 10.1 Å². The molecule has 0 bridgehead atoms. The molecule has 1 aromatic heterocycles. The van der Waals surface area contributed by atoms with E-state index in [-0.39, 0.29) is 36.6 Å². The van der Waals surface area contributed by atoms with E-state index in [4.69, 9.17) is 18.6 Å². The van der Waals surface area contributed by atoms with Crippen LogP contribution in [0, 0.1) is 0 Å². The van der Waals surface area contributed by atoms with Crippen molar-refractivity contribution in [2.45, 2.75) is 50.5 Å². The molecule has 0 saturated carbocycles. The van der Waals surface area contributed by atoms with Crippen LogP contribution in [0.3, 0.4) is 0 Å². The monoisotopic (exact) mass is 479 g/mol. The minimum atomic E-state index is -0.676. The second-order valence-corrected chi connectivity index (χ2v) is 9.20. The van der Waals surface area contributed by atoms with Gasteiger partial charge in [0.25, 0.3) is 0 Å². The van der Waals surface area contributed by atoms with E-state index in [1.807, 2.05) is 19.1 Å². The van der Waals surface area contributed by atoms with Crippen LogP contribution in [0.5, 0.6) is 11.5 Å². The summed E-state index contributed by atoms with van der Waals surface area (Å²) in [5.41, 5.74) is 2.87. The number of allylic oxidation sites excluding steroid dienone is 3. The van der Waals surface area contributed by atoms with E-state index < -0.39 is 11.9 Å². The van der Waals surface area contributed by atoms with Crippen molar-refractivity contribution < 1.29 is 33.3 Å². The Morgan fingerprint density at radius 2 is 2.11 bits per heavy atom. The van der Waals surface area contributed by atoms with Crippen LogP contribution in [0.2, 0.25) is 0 Å². The van der Waals surface area contributed by atoms with Crippen molar-refractivity contribution in [1.82, 2.24) is 5.32 Å². The number of furan rings is 1. The number of aromatic hydroxyl groups is 1. The molecule has 3 aliphatic rings. The standard InChI is InChI=1S/C27H29NO7/c1-15-24(27(31)35-14-18-5-3-9-33-18)25(16-7-8-23(32-2)20(29)12-16)26-19(28-15)11-17(13-21(26)30)22-6-4-10-34-22/h4,6-8,10,12,17-18,25,28-29H,3,5,9,11,13-14H2,1-2H3/t17-,18-,25-/m1/s1. The lowest BCUT2D eigenvalue weighted by molar-refractivity contribution is -0.142. The number of Topliss-reactive ketones (excluding diaryl/α,β-unsaturated/α-hetero) is 1. The number of ether oxygens (including phenoxy) is 3. The number of carbonyl (C=O) groups is 2. The summed E-state index contributed by atoms with van der Waals surface area (Å²) in [6, 6.07) is 8.64. The highest BCUT2D eigenvalue weighted by molar-refractivity contribution is 6.04. The van der Waals surface area contributed by atoms with Gasteiger partial charge in [0.1, 0.15) is 12.4 Å². The molecule has 1 saturated heterocycles. The van der Waals surface area contributed by atoms with E-state index in [0.29, 0.717) is 41.2 Å². The molecule has 0 unspecified atom stereocenters. The van der Waals surface area contributed by atoms with Crippen LogP contribution in [0.4, 0.5) is 0 Å². The molecule has 5 rings (SSSR count). The summed E-state index contributed by atoms with van der Waals surface area (Å²) < 4.78 is 22.0. The van der Waals surface area contributed by atoms with Crippen molar-refractivity contribution in [1.29, 1.82) is 0 Å². The van der Waals surface area contributed by atoms with Crippen molar-refractivity contribution in [3.05, 3.63) is 70.5 Å². The van der Waals surface area contributed by atoms with E-state index >= 15 is 0 Å². The third-order valence-corrected chi connectivity index (χ3v) is 6.95. The van der Waals surface area contributed by atoms with Crippen molar-refractivity contribution in [3.8, 4) is 11.5 Å². The van der Waals surface area contributed by atoms with Gasteiger partial charge in [0.2, 0.25) is 0 Å². The third-order valence-electron chi connectivity index (χ3n) is 6.95. The molecule has 0 radical (unpaired) electrons. The molecule has 0 spiro atoms. The highest BCUT2D eigenvalue weighted by Crippen LogP contribution is 2.47. The number of phenols is 1. The number of hydrogen-bond acceptors (Lipinski definition) is 8. The van der Waals surface area contributed by atoms with Crippen LogP contribution >= 0.6 is 0 Å². The highest BCUT2D eigenvalue weighted by Gasteiger charge is 2.42. The molecule has 3 heterocycles. The van der Waals surface area contributed by atoms with E-state index in [0.717, 1.165) is 24.3 Å². The maximum absolute atomic E-state index is 13.5. The normalized spacial score (nSPS) is 24.3. The Labute approximate surface area is 203 Å². The number of phenolic OH excluding ortho intramolecular Hbond substituents is 1. The number of esters is 1. The number of dihydropyridines is 1. The van der Waals surface area contributed by atoms with E-state index in [2.05, 4.69) is 5.32 Å². The lowest BCUT2D eigenvalue weighted by Crippen LogP contribution is -2.36. The van der Waals surface area contributed by atoms with Crippen molar-refractivity contribution >= 4 is 11.8 Å². The summed E-state index contributed by atoms with van der Waals surface area (Å²) in [6.07, 6.45) is 4.13. The molecule has 1 aliphatic carbocycles. The lowest BCUT2D eigenvalue weighted by Gasteiger charge is -2.36. The average Bonchev–Trinajstić information content (AvgIpc) is 3.56. The van der Waals surface area contributed by atoms with Crippen LogP contribution in [0.25, 0.3) is 0 Å². The van der Waals surface area contributed by atoms with Gasteiger partial charge in [-0.2, -0.15) is 0 Å². The van der Waals surface area contributed by atoms with Crippen LogP contribution in [-0.4, -0.2) is 43.3 Å². The summed E-state index contributed by atoms with van der Waals surface area (Å²) >= 11 is 0. The summed E-state index contributed by atoms with van der Waals surface area (Å²) in [6.45, 7) is 2.64. The fraction of sp³-hybridized carbons (Fsp3) is 0.407. The van der Waals surface area contributed by atoms with Gasteiger partial charge in [-0.25, -0.2) is 4.79 Å². The second kappa shape index (κ2) is 9.62. The van der Waals surface area contributed by atoms with Gasteiger partial charge in [0.05, 0.1) is 25.1 Å². The summed E-state index contributed by atoms with van der Waals surface area (Å²) in [4.78, 5) is 26.9. The molecule has 8 heteroatoms. The molecule has 0 amide bonds. The number of rotatable bonds is 6. The predicted molar refractivity (Wildman–Crippen MR) is 126 cm³/mol. The van der Waals surface area contributed by atoms with Gasteiger partial charge in [0, 0.05) is 41.8 Å². The maximum Gasteiger partial charge on any atom is 0.336 e. The number of carbonyl (C=O) groups excluding carboxylic acids is 2. The van der Waals surface area contributed by atoms with E-state index in [1.54, 1.807) is 24.5 Å². The Morgan fingerprint density at radius 1 is 1.26 bits per heavy atom. The fourth-order valence-corrected chi connectivity index (χ4v) is 5.28. The molecular formula is C27H29NO7. The molecule has 2 aromatic rings. The maximum atomic E-state index is 13.5. The van der Waals surface area contributed by atoms with Crippen molar-refractivity contribution in [3.63, 3.8) is 0 Å². The Morgan fingerprint density at radius 3 is 2.80 bits per heavy atom. The van der Waals surface area contributed by atoms with Gasteiger partial charge < -0.3 is 29.1 Å². The van der Waals surface area contributed by atoms with Crippen LogP contribution in [0.15, 0.2) is 63.6 Å². The van der Waals surface area contributed by atoms with Gasteiger partial charge in [-0.15, -0.1) is 0 Å². The second-order valence-electron chi connectivity index (χ2n) is 9.20. The van der Waals surface area contributed by atoms with Gasteiger partial charge in [-0.1, -0.05) is 6.07 Å². The zero-order valence-electron chi connectivity index (χ0n) is 19.8. The largest absolute Gasteiger partial charge is 0.504 e. The molecule has 8 nitrogen and oxygen atoms in total. The van der Waals surface area contributed by atoms with Crippen molar-refractivity contribution in [2.75, 3.05) is 20.3 Å². The smallest absolute Gasteiger partial charge is 0.336 e. The first-order chi connectivity index (χ1) is 17.0. The molecule has 1 aromatic carbocycles. The van der Waals surface area contributed by atoms with Gasteiger partial charge >= 0.3 is 5.97 Å². The number of nitrogens with one attached hydrogen (secondary N) is 1. The SMILES string of the molecule is COc1ccc([C@@H]2C(C(=O)OC[C@H]3CCCO3)=C(C)NC3=C2C(=O)C[C@H](c2ccco2)C3)cc1O. The zero-order valence-corrected chi connectivity index (χ0v) is 19.8. The van der Waals surface area contributed by atoms with Crippen LogP contribution in [0.1, 0.15) is 55.8 Å². The third kappa shape index (κ3) is 4.46. The fourth-order valence-electron chi connectivity index (χ4n) is 5.28. The molecule has 3 atom stereocenters. The van der Waals surface area contributed by atoms with Gasteiger partial charge in [0.15, 0.2) is 17.3 Å². The molecule has 2 aliphatic heterocycles.